The van der Waals surface area contributed by atoms with Crippen LogP contribution in [0.25, 0.3) is 33.2 Å². The van der Waals surface area contributed by atoms with Gasteiger partial charge in [-0.15, -0.1) is 0 Å². The smallest absolute Gasteiger partial charge is 0.330 e. The molecular formula is C50H55N11O5. The Kier molecular flexibility index (Phi) is 13.4. The third kappa shape index (κ3) is 8.77. The highest BCUT2D eigenvalue weighted by Gasteiger charge is 2.34. The first-order valence-electron chi connectivity index (χ1n) is 22.3. The summed E-state index contributed by atoms with van der Waals surface area (Å²) in [7, 11) is 6.36. The first-order chi connectivity index (χ1) is 32.1. The molecule has 0 radical (unpaired) electrons. The molecule has 16 nitrogen and oxygen atoms in total. The number of methoxy groups -OCH3 is 1. The topological polar surface area (TPSA) is 182 Å². The fourth-order valence-electron chi connectivity index (χ4n) is 9.31. The molecule has 5 amide bonds. The van der Waals surface area contributed by atoms with Crippen molar-refractivity contribution in [2.75, 3.05) is 67.0 Å². The standard InChI is InChI=1S/C50H55N11O5/c1-6-39-41(19-23-55-47(39)60-27-26-59(50(60)65)38-8-7-22-54-30-38)40-17-15-37(61(48(51)66-5)49(64)53-3)29-43(40)33-9-13-36(14-10-33)58-24-20-32(21-25-58)34-11-16-42-44(28-34)57(4)56-46(42)35(31-62)12-18-45(63)52-2/h7-11,13-17,19,22-23,28-32,35,51H,6,12,18,20-21,24-27H2,1-5H3,(H,52,63)(H,53,64). The van der Waals surface area contributed by atoms with Crippen molar-refractivity contribution in [2.45, 2.75) is 50.9 Å². The van der Waals surface area contributed by atoms with Gasteiger partial charge in [-0.3, -0.25) is 29.7 Å². The van der Waals surface area contributed by atoms with E-state index in [1.165, 1.54) is 24.6 Å². The summed E-state index contributed by atoms with van der Waals surface area (Å²) in [5, 5.41) is 19.4. The van der Waals surface area contributed by atoms with Crippen LogP contribution in [0.2, 0.25) is 0 Å². The summed E-state index contributed by atoms with van der Waals surface area (Å²) < 4.78 is 7.08. The van der Waals surface area contributed by atoms with Gasteiger partial charge in [0, 0.05) is 82.8 Å². The molecule has 6 aromatic rings. The van der Waals surface area contributed by atoms with E-state index < -0.39 is 11.9 Å². The molecular weight excluding hydrogens is 835 g/mol. The number of fused-ring (bicyclic) bond motifs is 1. The van der Waals surface area contributed by atoms with Gasteiger partial charge < -0.3 is 25.1 Å². The zero-order chi connectivity index (χ0) is 46.5. The first-order valence-corrected chi connectivity index (χ1v) is 22.3. The molecule has 340 valence electrons. The summed E-state index contributed by atoms with van der Waals surface area (Å²) in [4.78, 5) is 67.1. The molecule has 1 unspecified atom stereocenters. The molecule has 1 atom stereocenters. The van der Waals surface area contributed by atoms with Gasteiger partial charge in [0.2, 0.25) is 5.91 Å². The fraction of sp³-hybridized carbons (Fsp3) is 0.320. The van der Waals surface area contributed by atoms with Crippen molar-refractivity contribution in [1.29, 1.82) is 5.41 Å². The van der Waals surface area contributed by atoms with Gasteiger partial charge in [-0.05, 0) is 108 Å². The van der Waals surface area contributed by atoms with Crippen molar-refractivity contribution in [3.05, 3.63) is 114 Å². The molecule has 0 aliphatic carbocycles. The molecule has 2 saturated heterocycles. The Bertz CT molecular complexity index is 2750. The number of aromatic nitrogens is 4. The molecule has 16 heteroatoms. The van der Waals surface area contributed by atoms with Crippen LogP contribution in [0, 0.1) is 5.41 Å². The quantitative estimate of drug-likeness (QED) is 0.0597. The molecule has 5 heterocycles. The van der Waals surface area contributed by atoms with Crippen LogP contribution in [0.5, 0.6) is 0 Å². The van der Waals surface area contributed by atoms with E-state index in [0.29, 0.717) is 49.0 Å². The number of hydrogen-bond acceptors (Lipinski definition) is 10. The number of pyridine rings is 2. The van der Waals surface area contributed by atoms with Crippen LogP contribution in [-0.4, -0.2) is 97.4 Å². The van der Waals surface area contributed by atoms with Crippen LogP contribution in [0.1, 0.15) is 61.3 Å². The molecule has 3 aromatic heterocycles. The first kappa shape index (κ1) is 45.0. The van der Waals surface area contributed by atoms with E-state index in [9.17, 15) is 19.2 Å². The number of amides is 5. The number of amidine groups is 1. The summed E-state index contributed by atoms with van der Waals surface area (Å²) in [5.41, 5.74) is 9.62. The lowest BCUT2D eigenvalue weighted by atomic mass is 9.88. The van der Waals surface area contributed by atoms with Gasteiger partial charge in [-0.25, -0.2) is 19.5 Å². The van der Waals surface area contributed by atoms with Crippen molar-refractivity contribution in [1.82, 2.24) is 30.4 Å². The number of benzene rings is 3. The number of ether oxygens (including phenoxy) is 1. The summed E-state index contributed by atoms with van der Waals surface area (Å²) in [6, 6.07) is 25.2. The Hall–Kier alpha value is -7.62. The van der Waals surface area contributed by atoms with Gasteiger partial charge in [0.25, 0.3) is 6.02 Å². The number of anilines is 4. The Morgan fingerprint density at radius 2 is 1.68 bits per heavy atom. The van der Waals surface area contributed by atoms with Crippen molar-refractivity contribution in [2.24, 2.45) is 7.05 Å². The van der Waals surface area contributed by atoms with Crippen molar-refractivity contribution in [3.8, 4) is 22.3 Å². The Morgan fingerprint density at radius 3 is 2.36 bits per heavy atom. The number of nitrogens with one attached hydrogen (secondary N) is 3. The minimum Gasteiger partial charge on any atom is -0.468 e. The second-order valence-electron chi connectivity index (χ2n) is 16.5. The van der Waals surface area contributed by atoms with E-state index in [4.69, 9.17) is 20.2 Å². The molecule has 0 bridgehead atoms. The summed E-state index contributed by atoms with van der Waals surface area (Å²) >= 11 is 0. The third-order valence-electron chi connectivity index (χ3n) is 12.9. The fourth-order valence-corrected chi connectivity index (χ4v) is 9.31. The maximum atomic E-state index is 13.9. The highest BCUT2D eigenvalue weighted by Crippen LogP contribution is 2.41. The predicted octanol–water partition coefficient (Wildman–Crippen LogP) is 7.63. The van der Waals surface area contributed by atoms with Crippen LogP contribution >= 0.6 is 0 Å². The molecule has 66 heavy (non-hydrogen) atoms. The van der Waals surface area contributed by atoms with Crippen molar-refractivity contribution < 1.29 is 23.9 Å². The molecule has 3 aromatic carbocycles. The van der Waals surface area contributed by atoms with Gasteiger partial charge in [0.1, 0.15) is 12.1 Å². The molecule has 3 N–H and O–H groups in total. The number of rotatable bonds is 13. The van der Waals surface area contributed by atoms with E-state index in [0.717, 1.165) is 82.3 Å². The Morgan fingerprint density at radius 1 is 0.909 bits per heavy atom. The number of hydrogen-bond donors (Lipinski definition) is 3. The molecule has 2 fully saturated rings. The van der Waals surface area contributed by atoms with Gasteiger partial charge in [0.15, 0.2) is 0 Å². The van der Waals surface area contributed by atoms with E-state index >= 15 is 0 Å². The predicted molar refractivity (Wildman–Crippen MR) is 257 cm³/mol. The lowest BCUT2D eigenvalue weighted by Crippen LogP contribution is -2.43. The number of nitrogens with zero attached hydrogens (tertiary/aromatic N) is 8. The highest BCUT2D eigenvalue weighted by atomic mass is 16.5. The maximum Gasteiger partial charge on any atom is 0.330 e. The van der Waals surface area contributed by atoms with E-state index in [-0.39, 0.29) is 24.4 Å². The minimum atomic E-state index is -0.517. The lowest BCUT2D eigenvalue weighted by molar-refractivity contribution is -0.120. The third-order valence-corrected chi connectivity index (χ3v) is 12.9. The van der Waals surface area contributed by atoms with Crippen molar-refractivity contribution >= 4 is 64.1 Å². The number of aldehydes is 1. The minimum absolute atomic E-state index is 0.101. The van der Waals surface area contributed by atoms with Gasteiger partial charge >= 0.3 is 12.1 Å². The normalized spacial score (nSPS) is 14.6. The Labute approximate surface area is 384 Å². The van der Waals surface area contributed by atoms with Crippen LogP contribution in [-0.2, 0) is 27.8 Å². The van der Waals surface area contributed by atoms with Gasteiger partial charge in [-0.2, -0.15) is 5.10 Å². The van der Waals surface area contributed by atoms with Gasteiger partial charge in [-0.1, -0.05) is 37.3 Å². The zero-order valence-corrected chi connectivity index (χ0v) is 38.0. The second kappa shape index (κ2) is 19.6. The number of carbonyl (C=O) groups excluding carboxylic acids is 4. The number of aryl methyl sites for hydroxylation is 1. The highest BCUT2D eigenvalue weighted by molar-refractivity contribution is 6.13. The van der Waals surface area contributed by atoms with Crippen LogP contribution in [0.4, 0.5) is 32.5 Å². The van der Waals surface area contributed by atoms with Crippen LogP contribution in [0.15, 0.2) is 97.5 Å². The van der Waals surface area contributed by atoms with Crippen LogP contribution in [0.3, 0.4) is 0 Å². The number of piperidine rings is 1. The largest absolute Gasteiger partial charge is 0.468 e. The zero-order valence-electron chi connectivity index (χ0n) is 38.0. The average Bonchev–Trinajstić information content (AvgIpc) is 3.92. The SMILES string of the molecule is CCc1c(-c2ccc(N(C(=N)OC)C(=O)NC)cc2-c2ccc(N3CCC(c4ccc5c(C(C=O)CCC(=O)NC)nn(C)c5c4)CC3)cc2)ccnc1N1CCN(c2cccnc2)C1=O. The molecule has 0 spiro atoms. The molecule has 8 rings (SSSR count). The van der Waals surface area contributed by atoms with Gasteiger partial charge in [0.05, 0.1) is 41.8 Å². The van der Waals surface area contributed by atoms with E-state index in [2.05, 4.69) is 69.9 Å². The lowest BCUT2D eigenvalue weighted by Gasteiger charge is -2.34. The van der Waals surface area contributed by atoms with E-state index in [1.807, 2.05) is 42.1 Å². The number of urea groups is 2. The molecule has 2 aliphatic heterocycles. The number of carbonyl (C=O) groups is 4. The summed E-state index contributed by atoms with van der Waals surface area (Å²) in [6.07, 6.45) is 9.17. The Balaban J connectivity index is 1.06. The second-order valence-corrected chi connectivity index (χ2v) is 16.5. The van der Waals surface area contributed by atoms with Crippen LogP contribution < -0.4 is 30.2 Å². The molecule has 0 saturated carbocycles. The maximum absolute atomic E-state index is 13.9. The molecule has 2 aliphatic rings. The van der Waals surface area contributed by atoms with E-state index in [1.54, 1.807) is 41.5 Å². The summed E-state index contributed by atoms with van der Waals surface area (Å²) in [6.45, 7) is 4.74. The van der Waals surface area contributed by atoms with Crippen molar-refractivity contribution in [3.63, 3.8) is 0 Å². The average molecular weight is 890 g/mol. The monoisotopic (exact) mass is 889 g/mol. The summed E-state index contributed by atoms with van der Waals surface area (Å²) in [5.74, 6) is 0.389.